The van der Waals surface area contributed by atoms with E-state index in [1.807, 2.05) is 4.90 Å². The minimum Gasteiger partial charge on any atom is -0.371 e. The summed E-state index contributed by atoms with van der Waals surface area (Å²) >= 11 is 0. The molecule has 0 radical (unpaired) electrons. The second kappa shape index (κ2) is 4.25. The number of nitrogens with zero attached hydrogens (tertiary/aromatic N) is 1. The van der Waals surface area contributed by atoms with Crippen LogP contribution in [-0.4, -0.2) is 41.6 Å². The summed E-state index contributed by atoms with van der Waals surface area (Å²) in [5.74, 6) is 0.245. The fourth-order valence-electron chi connectivity index (χ4n) is 3.49. The standard InChI is InChI=1S/C13H22N2O2/c14-13(5-1-2-6-13)7-12(16)15-8-10-3-4-11(9-15)17-10/h10-11H,1-9,14H2. The third-order valence-corrected chi connectivity index (χ3v) is 4.50. The lowest BCUT2D eigenvalue weighted by Gasteiger charge is -2.34. The first-order valence-electron chi connectivity index (χ1n) is 6.87. The van der Waals surface area contributed by atoms with Gasteiger partial charge in [0.05, 0.1) is 12.2 Å². The zero-order valence-electron chi connectivity index (χ0n) is 10.4. The number of morpholine rings is 1. The molecule has 0 spiro atoms. The number of likely N-dealkylation sites (tertiary alicyclic amines) is 1. The van der Waals surface area contributed by atoms with Gasteiger partial charge in [0.2, 0.25) is 5.91 Å². The molecule has 4 heteroatoms. The van der Waals surface area contributed by atoms with E-state index in [2.05, 4.69) is 0 Å². The number of rotatable bonds is 2. The summed E-state index contributed by atoms with van der Waals surface area (Å²) in [5, 5.41) is 0. The molecule has 1 saturated carbocycles. The minimum absolute atomic E-state index is 0.214. The van der Waals surface area contributed by atoms with Crippen molar-refractivity contribution in [3.63, 3.8) is 0 Å². The zero-order chi connectivity index (χ0) is 11.9. The van der Waals surface area contributed by atoms with Gasteiger partial charge in [-0.3, -0.25) is 4.79 Å². The van der Waals surface area contributed by atoms with E-state index in [4.69, 9.17) is 10.5 Å². The second-order valence-electron chi connectivity index (χ2n) is 6.00. The molecule has 2 atom stereocenters. The van der Waals surface area contributed by atoms with E-state index in [1.165, 1.54) is 12.8 Å². The van der Waals surface area contributed by atoms with Crippen LogP contribution in [0.1, 0.15) is 44.9 Å². The van der Waals surface area contributed by atoms with Crippen LogP contribution < -0.4 is 5.73 Å². The van der Waals surface area contributed by atoms with Gasteiger partial charge in [-0.15, -0.1) is 0 Å². The maximum Gasteiger partial charge on any atom is 0.224 e. The van der Waals surface area contributed by atoms with Gasteiger partial charge < -0.3 is 15.4 Å². The van der Waals surface area contributed by atoms with Gasteiger partial charge in [-0.25, -0.2) is 0 Å². The van der Waals surface area contributed by atoms with E-state index in [9.17, 15) is 4.79 Å². The number of hydrogen-bond acceptors (Lipinski definition) is 3. The molecular formula is C13H22N2O2. The molecular weight excluding hydrogens is 216 g/mol. The van der Waals surface area contributed by atoms with Gasteiger partial charge in [0, 0.05) is 25.0 Å². The maximum atomic E-state index is 12.3. The van der Waals surface area contributed by atoms with Crippen LogP contribution >= 0.6 is 0 Å². The Morgan fingerprint density at radius 1 is 1.24 bits per heavy atom. The Hall–Kier alpha value is -0.610. The molecule has 17 heavy (non-hydrogen) atoms. The van der Waals surface area contributed by atoms with Crippen LogP contribution in [0.15, 0.2) is 0 Å². The summed E-state index contributed by atoms with van der Waals surface area (Å²) < 4.78 is 5.75. The molecule has 2 N–H and O–H groups in total. The van der Waals surface area contributed by atoms with Crippen molar-refractivity contribution in [3.05, 3.63) is 0 Å². The summed E-state index contributed by atoms with van der Waals surface area (Å²) in [4.78, 5) is 14.3. The Bertz CT molecular complexity index is 301. The van der Waals surface area contributed by atoms with Crippen LogP contribution in [0.5, 0.6) is 0 Å². The highest BCUT2D eigenvalue weighted by atomic mass is 16.5. The van der Waals surface area contributed by atoms with Crippen LogP contribution in [0.3, 0.4) is 0 Å². The molecule has 96 valence electrons. The Labute approximate surface area is 102 Å². The van der Waals surface area contributed by atoms with Gasteiger partial charge in [0.1, 0.15) is 0 Å². The SMILES string of the molecule is NC1(CC(=O)N2CC3CCC(C2)O3)CCCC1. The molecule has 2 unspecified atom stereocenters. The van der Waals surface area contributed by atoms with Crippen molar-refractivity contribution in [1.29, 1.82) is 0 Å². The fourth-order valence-corrected chi connectivity index (χ4v) is 3.49. The molecule has 1 aliphatic carbocycles. The summed E-state index contributed by atoms with van der Waals surface area (Å²) in [6, 6.07) is 0. The van der Waals surface area contributed by atoms with Gasteiger partial charge in [-0.05, 0) is 25.7 Å². The van der Waals surface area contributed by atoms with Crippen molar-refractivity contribution in [1.82, 2.24) is 4.90 Å². The van der Waals surface area contributed by atoms with E-state index < -0.39 is 0 Å². The van der Waals surface area contributed by atoms with E-state index >= 15 is 0 Å². The molecule has 2 bridgehead atoms. The molecule has 0 aromatic heterocycles. The number of fused-ring (bicyclic) bond motifs is 2. The van der Waals surface area contributed by atoms with Crippen molar-refractivity contribution in [2.75, 3.05) is 13.1 Å². The highest BCUT2D eigenvalue weighted by Crippen LogP contribution is 2.32. The van der Waals surface area contributed by atoms with Crippen molar-refractivity contribution < 1.29 is 9.53 Å². The summed E-state index contributed by atoms with van der Waals surface area (Å²) in [6.45, 7) is 1.57. The molecule has 4 nitrogen and oxygen atoms in total. The largest absolute Gasteiger partial charge is 0.371 e. The number of hydrogen-bond donors (Lipinski definition) is 1. The van der Waals surface area contributed by atoms with E-state index in [0.29, 0.717) is 6.42 Å². The molecule has 3 aliphatic rings. The summed E-state index contributed by atoms with van der Waals surface area (Å²) in [6.07, 6.45) is 7.71. The first-order chi connectivity index (χ1) is 8.15. The monoisotopic (exact) mass is 238 g/mol. The Balaban J connectivity index is 1.59. The van der Waals surface area contributed by atoms with Crippen molar-refractivity contribution in [3.8, 4) is 0 Å². The topological polar surface area (TPSA) is 55.6 Å². The predicted molar refractivity (Wildman–Crippen MR) is 64.5 cm³/mol. The smallest absolute Gasteiger partial charge is 0.224 e. The normalized spacial score (nSPS) is 35.2. The Morgan fingerprint density at radius 3 is 2.41 bits per heavy atom. The Kier molecular flexibility index (Phi) is 2.87. The molecule has 0 aromatic rings. The highest BCUT2D eigenvalue weighted by Gasteiger charge is 2.38. The second-order valence-corrected chi connectivity index (χ2v) is 6.00. The number of carbonyl (C=O) groups is 1. The first-order valence-corrected chi connectivity index (χ1v) is 6.87. The molecule has 2 heterocycles. The maximum absolute atomic E-state index is 12.3. The average Bonchev–Trinajstić information content (AvgIpc) is 2.85. The summed E-state index contributed by atoms with van der Waals surface area (Å²) in [5.41, 5.74) is 6.06. The Morgan fingerprint density at radius 2 is 1.82 bits per heavy atom. The molecule has 2 aliphatic heterocycles. The average molecular weight is 238 g/mol. The molecule has 0 aromatic carbocycles. The number of amides is 1. The fraction of sp³-hybridized carbons (Fsp3) is 0.923. The molecule has 3 rings (SSSR count). The van der Waals surface area contributed by atoms with Gasteiger partial charge in [0.15, 0.2) is 0 Å². The van der Waals surface area contributed by atoms with E-state index in [1.54, 1.807) is 0 Å². The van der Waals surface area contributed by atoms with Crippen molar-refractivity contribution in [2.24, 2.45) is 5.73 Å². The van der Waals surface area contributed by atoms with E-state index in [0.717, 1.165) is 38.8 Å². The predicted octanol–water partition coefficient (Wildman–Crippen LogP) is 1.04. The van der Waals surface area contributed by atoms with Crippen LogP contribution in [0.25, 0.3) is 0 Å². The van der Waals surface area contributed by atoms with Gasteiger partial charge in [-0.1, -0.05) is 12.8 Å². The molecule has 2 saturated heterocycles. The highest BCUT2D eigenvalue weighted by molar-refractivity contribution is 5.77. The summed E-state index contributed by atoms with van der Waals surface area (Å²) in [7, 11) is 0. The first kappa shape index (κ1) is 11.5. The lowest BCUT2D eigenvalue weighted by Crippen LogP contribution is -2.49. The van der Waals surface area contributed by atoms with Crippen LogP contribution in [0.4, 0.5) is 0 Å². The molecule has 3 fully saturated rings. The zero-order valence-corrected chi connectivity index (χ0v) is 10.4. The van der Waals surface area contributed by atoms with Gasteiger partial charge >= 0.3 is 0 Å². The van der Waals surface area contributed by atoms with E-state index in [-0.39, 0.29) is 23.7 Å². The van der Waals surface area contributed by atoms with Gasteiger partial charge in [-0.2, -0.15) is 0 Å². The quantitative estimate of drug-likeness (QED) is 0.782. The third-order valence-electron chi connectivity index (χ3n) is 4.50. The number of ether oxygens (including phenoxy) is 1. The molecule has 1 amide bonds. The van der Waals surface area contributed by atoms with Crippen LogP contribution in [-0.2, 0) is 9.53 Å². The van der Waals surface area contributed by atoms with Crippen molar-refractivity contribution in [2.45, 2.75) is 62.7 Å². The number of carbonyl (C=O) groups excluding carboxylic acids is 1. The van der Waals surface area contributed by atoms with Crippen LogP contribution in [0.2, 0.25) is 0 Å². The van der Waals surface area contributed by atoms with Crippen LogP contribution in [0, 0.1) is 0 Å². The lowest BCUT2D eigenvalue weighted by molar-refractivity contribution is -0.141. The third kappa shape index (κ3) is 2.33. The minimum atomic E-state index is -0.214. The number of nitrogens with two attached hydrogens (primary N) is 1. The van der Waals surface area contributed by atoms with Crippen molar-refractivity contribution >= 4 is 5.91 Å². The van der Waals surface area contributed by atoms with Gasteiger partial charge in [0.25, 0.3) is 0 Å². The lowest BCUT2D eigenvalue weighted by atomic mass is 9.94.